The number of ether oxygens (including phenoxy) is 2. The van der Waals surface area contributed by atoms with Gasteiger partial charge < -0.3 is 18.3 Å². The molecular formula is C19H39NO8SSi2. The first-order valence-electron chi connectivity index (χ1n) is 10.5. The normalized spacial score (nSPS) is 29.2. The van der Waals surface area contributed by atoms with E-state index < -0.39 is 57.6 Å². The Morgan fingerprint density at radius 3 is 1.97 bits per heavy atom. The Labute approximate surface area is 189 Å². The first-order chi connectivity index (χ1) is 13.7. The van der Waals surface area contributed by atoms with Crippen molar-refractivity contribution >= 4 is 33.0 Å². The molecule has 0 unspecified atom stereocenters. The van der Waals surface area contributed by atoms with Crippen LogP contribution in [0.1, 0.15) is 41.5 Å². The fourth-order valence-corrected chi connectivity index (χ4v) is 6.49. The van der Waals surface area contributed by atoms with Gasteiger partial charge in [0.15, 0.2) is 29.0 Å². The molecule has 0 aliphatic carbocycles. The van der Waals surface area contributed by atoms with Crippen molar-refractivity contribution in [3.63, 3.8) is 0 Å². The molecule has 0 aromatic rings. The Kier molecular flexibility index (Phi) is 7.22. The molecule has 31 heavy (non-hydrogen) atoms. The SMILES string of the molecule is COC(=O)N1[C@H]2O[C@H](CO[Si](C)(C)C(C)(C)C)[C@@H](O[Si](C)(C)C(C)(C)C)[C@H]2OS1(=O)=O. The molecule has 0 radical (unpaired) electrons. The topological polar surface area (TPSA) is 101 Å². The zero-order valence-electron chi connectivity index (χ0n) is 20.6. The summed E-state index contributed by atoms with van der Waals surface area (Å²) < 4.78 is 54.5. The van der Waals surface area contributed by atoms with Crippen LogP contribution in [0.5, 0.6) is 0 Å². The highest BCUT2D eigenvalue weighted by Crippen LogP contribution is 2.44. The Bertz CT molecular complexity index is 788. The van der Waals surface area contributed by atoms with Crippen LogP contribution in [-0.2, 0) is 32.8 Å². The van der Waals surface area contributed by atoms with Gasteiger partial charge in [-0.05, 0) is 36.3 Å². The molecule has 2 heterocycles. The molecule has 4 atom stereocenters. The first kappa shape index (κ1) is 26.7. The molecule has 0 aromatic heterocycles. The maximum atomic E-state index is 12.5. The Morgan fingerprint density at radius 2 is 1.52 bits per heavy atom. The van der Waals surface area contributed by atoms with Gasteiger partial charge in [0.1, 0.15) is 12.2 Å². The number of hydrogen-bond acceptors (Lipinski definition) is 8. The number of nitrogens with zero attached hydrogens (tertiary/aromatic N) is 1. The lowest BCUT2D eigenvalue weighted by Gasteiger charge is -2.41. The van der Waals surface area contributed by atoms with Gasteiger partial charge >= 0.3 is 16.4 Å². The summed E-state index contributed by atoms with van der Waals surface area (Å²) >= 11 is 0. The zero-order chi connectivity index (χ0) is 24.2. The number of methoxy groups -OCH3 is 1. The Morgan fingerprint density at radius 1 is 1.00 bits per heavy atom. The van der Waals surface area contributed by atoms with Gasteiger partial charge in [0.25, 0.3) is 0 Å². The van der Waals surface area contributed by atoms with Crippen molar-refractivity contribution in [3.05, 3.63) is 0 Å². The first-order valence-corrected chi connectivity index (χ1v) is 17.7. The summed E-state index contributed by atoms with van der Waals surface area (Å²) in [6, 6.07) is 0. The average molecular weight is 498 g/mol. The van der Waals surface area contributed by atoms with Crippen molar-refractivity contribution in [2.75, 3.05) is 13.7 Å². The highest BCUT2D eigenvalue weighted by atomic mass is 32.2. The summed E-state index contributed by atoms with van der Waals surface area (Å²) in [6.07, 6.45) is -4.46. The van der Waals surface area contributed by atoms with Crippen molar-refractivity contribution in [1.29, 1.82) is 0 Å². The number of rotatable bonds is 5. The molecule has 0 bridgehead atoms. The number of fused-ring (bicyclic) bond motifs is 1. The van der Waals surface area contributed by atoms with Crippen molar-refractivity contribution in [2.45, 2.75) is 102 Å². The second-order valence-corrected chi connectivity index (χ2v) is 22.3. The number of carbonyl (C=O) groups excluding carboxylic acids is 1. The van der Waals surface area contributed by atoms with Gasteiger partial charge in [-0.2, -0.15) is 12.7 Å². The van der Waals surface area contributed by atoms with Gasteiger partial charge in [-0.1, -0.05) is 41.5 Å². The van der Waals surface area contributed by atoms with Crippen LogP contribution >= 0.6 is 0 Å². The van der Waals surface area contributed by atoms with Gasteiger partial charge in [-0.25, -0.2) is 8.98 Å². The van der Waals surface area contributed by atoms with Crippen molar-refractivity contribution < 1.29 is 35.7 Å². The molecule has 2 saturated heterocycles. The molecule has 0 aromatic carbocycles. The van der Waals surface area contributed by atoms with E-state index in [1.807, 2.05) is 0 Å². The molecule has 2 aliphatic heterocycles. The quantitative estimate of drug-likeness (QED) is 0.528. The minimum atomic E-state index is -4.33. The van der Waals surface area contributed by atoms with E-state index in [1.54, 1.807) is 0 Å². The summed E-state index contributed by atoms with van der Waals surface area (Å²) in [6.45, 7) is 21.4. The third kappa shape index (κ3) is 5.20. The van der Waals surface area contributed by atoms with Crippen molar-refractivity contribution in [1.82, 2.24) is 4.31 Å². The van der Waals surface area contributed by atoms with Gasteiger partial charge in [-0.15, -0.1) is 0 Å². The molecular weight excluding hydrogens is 458 g/mol. The van der Waals surface area contributed by atoms with E-state index in [2.05, 4.69) is 72.5 Å². The summed E-state index contributed by atoms with van der Waals surface area (Å²) in [5.74, 6) is 0. The molecule has 0 spiro atoms. The van der Waals surface area contributed by atoms with Crippen LogP contribution in [0.25, 0.3) is 0 Å². The maximum Gasteiger partial charge on any atom is 0.427 e. The van der Waals surface area contributed by atoms with E-state index in [4.69, 9.17) is 17.8 Å². The lowest BCUT2D eigenvalue weighted by molar-refractivity contribution is -0.0453. The molecule has 12 heteroatoms. The van der Waals surface area contributed by atoms with E-state index in [9.17, 15) is 13.2 Å². The monoisotopic (exact) mass is 497 g/mol. The number of hydrogen-bond donors (Lipinski definition) is 0. The highest BCUT2D eigenvalue weighted by molar-refractivity contribution is 7.85. The molecule has 1 amide bonds. The van der Waals surface area contributed by atoms with E-state index in [0.717, 1.165) is 7.11 Å². The van der Waals surface area contributed by atoms with E-state index >= 15 is 0 Å². The summed E-state index contributed by atoms with van der Waals surface area (Å²) in [7, 11) is -7.64. The Hall–Kier alpha value is -0.506. The Balaban J connectivity index is 2.37. The van der Waals surface area contributed by atoms with Crippen molar-refractivity contribution in [3.8, 4) is 0 Å². The van der Waals surface area contributed by atoms with Gasteiger partial charge in [0.05, 0.1) is 13.7 Å². The highest BCUT2D eigenvalue weighted by Gasteiger charge is 2.62. The van der Waals surface area contributed by atoms with Crippen LogP contribution in [0.4, 0.5) is 4.79 Å². The van der Waals surface area contributed by atoms with Gasteiger partial charge in [0.2, 0.25) is 0 Å². The molecule has 2 aliphatic rings. The van der Waals surface area contributed by atoms with Crippen molar-refractivity contribution in [2.24, 2.45) is 0 Å². The number of amides is 1. The third-order valence-corrected chi connectivity index (χ3v) is 17.3. The standard InChI is InChI=1S/C19H39NO8SSi2/c1-18(2,3)30(8,9)25-12-13-14(28-31(10,11)19(4,5)6)15-16(26-13)20(17(21)24-7)29(22,23)27-15/h13-16H,12H2,1-11H3/t13-,14-,15-,16+/m1/s1. The smallest absolute Gasteiger partial charge is 0.427 e. The minimum Gasteiger partial charge on any atom is -0.452 e. The van der Waals surface area contributed by atoms with Crippen LogP contribution in [0.2, 0.25) is 36.3 Å². The second kappa shape index (κ2) is 8.37. The van der Waals surface area contributed by atoms with Crippen LogP contribution in [0, 0.1) is 0 Å². The maximum absolute atomic E-state index is 12.5. The van der Waals surface area contributed by atoms with Crippen LogP contribution in [0.3, 0.4) is 0 Å². The molecule has 2 rings (SSSR count). The average Bonchev–Trinajstić information content (AvgIpc) is 3.01. The minimum absolute atomic E-state index is 0.00481. The number of carbonyl (C=O) groups is 1. The molecule has 182 valence electrons. The predicted octanol–water partition coefficient (Wildman–Crippen LogP) is 3.84. The molecule has 0 N–H and O–H groups in total. The van der Waals surface area contributed by atoms with Gasteiger partial charge in [-0.3, -0.25) is 0 Å². The summed E-state index contributed by atoms with van der Waals surface area (Å²) in [5, 5.41) is -0.120. The molecule has 0 saturated carbocycles. The zero-order valence-corrected chi connectivity index (χ0v) is 23.5. The molecule has 9 nitrogen and oxygen atoms in total. The van der Waals surface area contributed by atoms with Crippen LogP contribution < -0.4 is 0 Å². The van der Waals surface area contributed by atoms with E-state index in [0.29, 0.717) is 4.31 Å². The fourth-order valence-electron chi connectivity index (χ4n) is 2.90. The summed E-state index contributed by atoms with van der Waals surface area (Å²) in [5.41, 5.74) is 0. The van der Waals surface area contributed by atoms with Crippen LogP contribution in [-0.4, -0.2) is 73.7 Å². The second-order valence-electron chi connectivity index (χ2n) is 11.3. The summed E-state index contributed by atoms with van der Waals surface area (Å²) in [4.78, 5) is 12.2. The lowest BCUT2D eigenvalue weighted by atomic mass is 10.1. The fraction of sp³-hybridized carbons (Fsp3) is 0.947. The largest absolute Gasteiger partial charge is 0.452 e. The van der Waals surface area contributed by atoms with Crippen LogP contribution in [0.15, 0.2) is 0 Å². The lowest BCUT2D eigenvalue weighted by Crippen LogP contribution is -2.51. The molecule has 2 fully saturated rings. The van der Waals surface area contributed by atoms with E-state index in [1.165, 1.54) is 0 Å². The third-order valence-electron chi connectivity index (χ3n) is 7.00. The van der Waals surface area contributed by atoms with Gasteiger partial charge in [0, 0.05) is 0 Å². The predicted molar refractivity (Wildman–Crippen MR) is 122 cm³/mol. The van der Waals surface area contributed by atoms with E-state index in [-0.39, 0.29) is 16.7 Å².